The van der Waals surface area contributed by atoms with Crippen LogP contribution >= 0.6 is 0 Å². The molecule has 0 aliphatic heterocycles. The number of anilines is 1. The number of nitrogen functional groups attached to an aromatic ring is 1. The highest BCUT2D eigenvalue weighted by molar-refractivity contribution is 5.92. The van der Waals surface area contributed by atoms with E-state index in [1.165, 1.54) is 6.07 Å². The molecular formula is C16H18N2O3. The van der Waals surface area contributed by atoms with E-state index in [-0.39, 0.29) is 5.56 Å². The smallest absolute Gasteiger partial charge is 0.338 e. The summed E-state index contributed by atoms with van der Waals surface area (Å²) in [4.78, 5) is 26.0. The average molecular weight is 286 g/mol. The van der Waals surface area contributed by atoms with Crippen LogP contribution in [-0.4, -0.2) is 16.6 Å². The number of benzene rings is 1. The first-order valence-corrected chi connectivity index (χ1v) is 6.59. The highest BCUT2D eigenvalue weighted by Gasteiger charge is 2.18. The molecule has 21 heavy (non-hydrogen) atoms. The molecule has 1 aromatic carbocycles. The van der Waals surface area contributed by atoms with Crippen LogP contribution in [0, 0.1) is 0 Å². The number of carbonyl (C=O) groups is 1. The summed E-state index contributed by atoms with van der Waals surface area (Å²) in [6.45, 7) is 5.41. The van der Waals surface area contributed by atoms with Gasteiger partial charge in [-0.25, -0.2) is 4.79 Å². The maximum atomic E-state index is 12.0. The Bertz CT molecular complexity index is 727. The first-order chi connectivity index (χ1) is 9.76. The number of aromatic amines is 1. The number of ether oxygens (including phenoxy) is 1. The topological polar surface area (TPSA) is 85.2 Å². The van der Waals surface area contributed by atoms with Crippen molar-refractivity contribution in [1.82, 2.24) is 4.98 Å². The van der Waals surface area contributed by atoms with Crippen molar-refractivity contribution in [3.05, 3.63) is 52.3 Å². The van der Waals surface area contributed by atoms with Crippen LogP contribution in [0.5, 0.6) is 0 Å². The lowest BCUT2D eigenvalue weighted by atomic mass is 10.1. The highest BCUT2D eigenvalue weighted by atomic mass is 16.6. The summed E-state index contributed by atoms with van der Waals surface area (Å²) in [5.41, 5.74) is 7.27. The van der Waals surface area contributed by atoms with Gasteiger partial charge >= 0.3 is 5.97 Å². The summed E-state index contributed by atoms with van der Waals surface area (Å²) in [5, 5.41) is 0. The Hall–Kier alpha value is -2.56. The predicted molar refractivity (Wildman–Crippen MR) is 82.1 cm³/mol. The molecule has 5 heteroatoms. The Balaban J connectivity index is 2.34. The minimum Gasteiger partial charge on any atom is -0.456 e. The summed E-state index contributed by atoms with van der Waals surface area (Å²) in [6, 6.07) is 9.70. The number of H-pyrrole nitrogens is 1. The summed E-state index contributed by atoms with van der Waals surface area (Å²) in [6.07, 6.45) is 0. The van der Waals surface area contributed by atoms with Crippen molar-refractivity contribution < 1.29 is 9.53 Å². The zero-order valence-electron chi connectivity index (χ0n) is 12.3. The van der Waals surface area contributed by atoms with Crippen LogP contribution in [0.25, 0.3) is 11.3 Å². The number of aromatic nitrogens is 1. The molecule has 0 spiro atoms. The Morgan fingerprint density at radius 1 is 1.19 bits per heavy atom. The fourth-order valence-corrected chi connectivity index (χ4v) is 1.88. The van der Waals surface area contributed by atoms with Gasteiger partial charge in [-0.2, -0.15) is 0 Å². The Morgan fingerprint density at radius 3 is 2.48 bits per heavy atom. The number of nitrogens with one attached hydrogen (secondary N) is 1. The van der Waals surface area contributed by atoms with Gasteiger partial charge in [0, 0.05) is 17.3 Å². The van der Waals surface area contributed by atoms with Gasteiger partial charge in [-0.15, -0.1) is 0 Å². The number of carbonyl (C=O) groups excluding carboxylic acids is 1. The summed E-state index contributed by atoms with van der Waals surface area (Å²) < 4.78 is 5.29. The SMILES string of the molecule is CC(C)(C)OC(=O)c1ccc(-c2cccc(=O)[nH]2)c(N)c1. The van der Waals surface area contributed by atoms with Crippen LogP contribution in [0.2, 0.25) is 0 Å². The van der Waals surface area contributed by atoms with Gasteiger partial charge < -0.3 is 15.5 Å². The standard InChI is InChI=1S/C16H18N2O3/c1-16(2,3)21-15(20)10-7-8-11(12(17)9-10)13-5-4-6-14(19)18-13/h4-9H,17H2,1-3H3,(H,18,19). The van der Waals surface area contributed by atoms with Crippen molar-refractivity contribution in [1.29, 1.82) is 0 Å². The van der Waals surface area contributed by atoms with E-state index in [0.29, 0.717) is 22.5 Å². The molecule has 3 N–H and O–H groups in total. The lowest BCUT2D eigenvalue weighted by Gasteiger charge is -2.19. The molecule has 0 unspecified atom stereocenters. The first-order valence-electron chi connectivity index (χ1n) is 6.59. The van der Waals surface area contributed by atoms with Crippen molar-refractivity contribution in [3.63, 3.8) is 0 Å². The van der Waals surface area contributed by atoms with Gasteiger partial charge in [0.1, 0.15) is 5.60 Å². The molecule has 0 aliphatic rings. The minimum atomic E-state index is -0.560. The van der Waals surface area contributed by atoms with E-state index in [9.17, 15) is 9.59 Å². The number of nitrogens with two attached hydrogens (primary N) is 1. The number of hydrogen-bond donors (Lipinski definition) is 2. The largest absolute Gasteiger partial charge is 0.456 e. The van der Waals surface area contributed by atoms with Crippen molar-refractivity contribution in [2.24, 2.45) is 0 Å². The highest BCUT2D eigenvalue weighted by Crippen LogP contribution is 2.25. The maximum absolute atomic E-state index is 12.0. The van der Waals surface area contributed by atoms with Gasteiger partial charge in [0.25, 0.3) is 0 Å². The fourth-order valence-electron chi connectivity index (χ4n) is 1.88. The maximum Gasteiger partial charge on any atom is 0.338 e. The predicted octanol–water partition coefficient (Wildman–Crippen LogP) is 2.58. The van der Waals surface area contributed by atoms with Crippen LogP contribution < -0.4 is 11.3 Å². The molecule has 0 bridgehead atoms. The molecule has 110 valence electrons. The summed E-state index contributed by atoms with van der Waals surface area (Å²) in [7, 11) is 0. The molecule has 0 saturated carbocycles. The van der Waals surface area contributed by atoms with Gasteiger partial charge in [0.2, 0.25) is 5.56 Å². The number of pyridine rings is 1. The molecule has 1 aromatic heterocycles. The van der Waals surface area contributed by atoms with Crippen molar-refractivity contribution >= 4 is 11.7 Å². The van der Waals surface area contributed by atoms with E-state index >= 15 is 0 Å². The minimum absolute atomic E-state index is 0.205. The van der Waals surface area contributed by atoms with Crippen LogP contribution in [-0.2, 0) is 4.74 Å². The van der Waals surface area contributed by atoms with E-state index in [1.54, 1.807) is 51.1 Å². The van der Waals surface area contributed by atoms with E-state index in [0.717, 1.165) is 0 Å². The molecule has 0 radical (unpaired) electrons. The van der Waals surface area contributed by atoms with E-state index < -0.39 is 11.6 Å². The number of rotatable bonds is 2. The molecule has 0 atom stereocenters. The fraction of sp³-hybridized carbons (Fsp3) is 0.250. The van der Waals surface area contributed by atoms with E-state index in [2.05, 4.69) is 4.98 Å². The summed E-state index contributed by atoms with van der Waals surface area (Å²) in [5.74, 6) is -0.428. The molecule has 0 saturated heterocycles. The lowest BCUT2D eigenvalue weighted by Crippen LogP contribution is -2.24. The second-order valence-corrected chi connectivity index (χ2v) is 5.73. The molecular weight excluding hydrogens is 268 g/mol. The Morgan fingerprint density at radius 2 is 1.90 bits per heavy atom. The molecule has 0 aliphatic carbocycles. The quantitative estimate of drug-likeness (QED) is 0.656. The van der Waals surface area contributed by atoms with Gasteiger partial charge in [-0.05, 0) is 45.0 Å². The second-order valence-electron chi connectivity index (χ2n) is 5.73. The zero-order valence-corrected chi connectivity index (χ0v) is 12.3. The number of hydrogen-bond acceptors (Lipinski definition) is 4. The Labute approximate surface area is 122 Å². The molecule has 2 rings (SSSR count). The van der Waals surface area contributed by atoms with Crippen molar-refractivity contribution in [2.75, 3.05) is 5.73 Å². The van der Waals surface area contributed by atoms with Crippen molar-refractivity contribution in [2.45, 2.75) is 26.4 Å². The summed E-state index contributed by atoms with van der Waals surface area (Å²) >= 11 is 0. The molecule has 2 aromatic rings. The third-order valence-electron chi connectivity index (χ3n) is 2.74. The Kier molecular flexibility index (Phi) is 3.84. The van der Waals surface area contributed by atoms with Gasteiger partial charge in [0.05, 0.1) is 11.3 Å². The van der Waals surface area contributed by atoms with Gasteiger partial charge in [-0.1, -0.05) is 6.07 Å². The van der Waals surface area contributed by atoms with Gasteiger partial charge in [-0.3, -0.25) is 4.79 Å². The van der Waals surface area contributed by atoms with Crippen LogP contribution in [0.3, 0.4) is 0 Å². The molecule has 5 nitrogen and oxygen atoms in total. The first kappa shape index (κ1) is 14.8. The second kappa shape index (κ2) is 5.44. The normalized spacial score (nSPS) is 11.2. The van der Waals surface area contributed by atoms with Crippen LogP contribution in [0.15, 0.2) is 41.2 Å². The molecule has 1 heterocycles. The van der Waals surface area contributed by atoms with E-state index in [1.807, 2.05) is 0 Å². The zero-order chi connectivity index (χ0) is 15.6. The van der Waals surface area contributed by atoms with Crippen LogP contribution in [0.4, 0.5) is 5.69 Å². The van der Waals surface area contributed by atoms with E-state index in [4.69, 9.17) is 10.5 Å². The lowest BCUT2D eigenvalue weighted by molar-refractivity contribution is 0.00696. The molecule has 0 fully saturated rings. The van der Waals surface area contributed by atoms with Crippen molar-refractivity contribution in [3.8, 4) is 11.3 Å². The molecule has 0 amide bonds. The van der Waals surface area contributed by atoms with Crippen LogP contribution in [0.1, 0.15) is 31.1 Å². The van der Waals surface area contributed by atoms with Gasteiger partial charge in [0.15, 0.2) is 0 Å². The monoisotopic (exact) mass is 286 g/mol. The third kappa shape index (κ3) is 3.72. The average Bonchev–Trinajstić information content (AvgIpc) is 2.36. The number of esters is 1. The third-order valence-corrected chi connectivity index (χ3v) is 2.74.